The van der Waals surface area contributed by atoms with Gasteiger partial charge in [0.1, 0.15) is 6.61 Å². The Hall–Kier alpha value is -0.730. The first-order valence-corrected chi connectivity index (χ1v) is 3.93. The van der Waals surface area contributed by atoms with Crippen molar-refractivity contribution < 1.29 is 4.74 Å². The Morgan fingerprint density at radius 2 is 2.09 bits per heavy atom. The van der Waals surface area contributed by atoms with Crippen molar-refractivity contribution in [2.24, 2.45) is 4.99 Å². The van der Waals surface area contributed by atoms with Crippen LogP contribution >= 0.6 is 0 Å². The molecule has 0 aromatic heterocycles. The average Bonchev–Trinajstić information content (AvgIpc) is 2.34. The van der Waals surface area contributed by atoms with E-state index in [1.165, 1.54) is 0 Å². The molecular formula is C8H16N2O. The Labute approximate surface area is 68.1 Å². The van der Waals surface area contributed by atoms with Crippen molar-refractivity contribution in [3.8, 4) is 0 Å². The average molecular weight is 156 g/mol. The monoisotopic (exact) mass is 156 g/mol. The molecule has 3 heteroatoms. The molecule has 0 saturated heterocycles. The van der Waals surface area contributed by atoms with Crippen LogP contribution in [0.1, 0.15) is 20.8 Å². The molecule has 0 saturated carbocycles. The van der Waals surface area contributed by atoms with E-state index in [1.807, 2.05) is 7.05 Å². The smallest absolute Gasteiger partial charge is 0.287 e. The van der Waals surface area contributed by atoms with Crippen LogP contribution < -0.4 is 0 Å². The number of rotatable bonds is 0. The molecule has 11 heavy (non-hydrogen) atoms. The highest BCUT2D eigenvalue weighted by Gasteiger charge is 2.23. The summed E-state index contributed by atoms with van der Waals surface area (Å²) in [7, 11) is 2.00. The summed E-state index contributed by atoms with van der Waals surface area (Å²) in [4.78, 5) is 6.28. The normalized spacial score (nSPS) is 17.6. The van der Waals surface area contributed by atoms with Crippen LogP contribution in [-0.4, -0.2) is 36.7 Å². The minimum absolute atomic E-state index is 0.100. The highest BCUT2D eigenvalue weighted by Crippen LogP contribution is 2.13. The lowest BCUT2D eigenvalue weighted by Gasteiger charge is -2.32. The molecule has 0 bridgehead atoms. The van der Waals surface area contributed by atoms with Crippen LogP contribution in [0.2, 0.25) is 0 Å². The van der Waals surface area contributed by atoms with E-state index < -0.39 is 0 Å². The number of amidine groups is 1. The van der Waals surface area contributed by atoms with Crippen LogP contribution in [0.5, 0.6) is 0 Å². The van der Waals surface area contributed by atoms with Gasteiger partial charge in [0.25, 0.3) is 6.02 Å². The highest BCUT2D eigenvalue weighted by molar-refractivity contribution is 5.75. The van der Waals surface area contributed by atoms with Crippen LogP contribution in [0.15, 0.2) is 4.99 Å². The lowest BCUT2D eigenvalue weighted by atomic mass is 10.1. The van der Waals surface area contributed by atoms with Gasteiger partial charge in [-0.05, 0) is 20.8 Å². The van der Waals surface area contributed by atoms with Crippen molar-refractivity contribution in [2.75, 3.05) is 20.2 Å². The first-order chi connectivity index (χ1) is 5.02. The third kappa shape index (κ3) is 1.85. The molecule has 1 aliphatic rings. The maximum Gasteiger partial charge on any atom is 0.287 e. The lowest BCUT2D eigenvalue weighted by Crippen LogP contribution is -2.42. The first kappa shape index (κ1) is 8.37. The van der Waals surface area contributed by atoms with E-state index in [1.54, 1.807) is 0 Å². The molecule has 0 unspecified atom stereocenters. The van der Waals surface area contributed by atoms with E-state index >= 15 is 0 Å². The van der Waals surface area contributed by atoms with E-state index in [4.69, 9.17) is 4.74 Å². The summed E-state index contributed by atoms with van der Waals surface area (Å²) in [5, 5.41) is 0. The predicted octanol–water partition coefficient (Wildman–Crippen LogP) is 1.10. The molecule has 3 nitrogen and oxygen atoms in total. The first-order valence-electron chi connectivity index (χ1n) is 3.93. The molecule has 64 valence electrons. The molecule has 1 rings (SSSR count). The van der Waals surface area contributed by atoms with Crippen molar-refractivity contribution >= 4 is 6.02 Å². The van der Waals surface area contributed by atoms with Gasteiger partial charge in [-0.1, -0.05) is 0 Å². The Morgan fingerprint density at radius 1 is 1.45 bits per heavy atom. The summed E-state index contributed by atoms with van der Waals surface area (Å²) in [5.41, 5.74) is 0.100. The number of ether oxygens (including phenoxy) is 1. The molecule has 0 spiro atoms. The van der Waals surface area contributed by atoms with Crippen LogP contribution in [0, 0.1) is 0 Å². The van der Waals surface area contributed by atoms with Gasteiger partial charge in [-0.25, -0.2) is 4.99 Å². The van der Waals surface area contributed by atoms with Gasteiger partial charge in [-0.3, -0.25) is 0 Å². The van der Waals surface area contributed by atoms with Gasteiger partial charge in [-0.2, -0.15) is 0 Å². The SMILES string of the molecule is CN(C1=NCCO1)C(C)(C)C. The summed E-state index contributed by atoms with van der Waals surface area (Å²) in [6.07, 6.45) is 0. The zero-order valence-corrected chi connectivity index (χ0v) is 7.72. The highest BCUT2D eigenvalue weighted by atomic mass is 16.5. The van der Waals surface area contributed by atoms with Crippen molar-refractivity contribution in [1.82, 2.24) is 4.90 Å². The molecule has 1 aliphatic heterocycles. The number of nitrogens with zero attached hydrogens (tertiary/aromatic N) is 2. The minimum atomic E-state index is 0.100. The fourth-order valence-electron chi connectivity index (χ4n) is 0.814. The van der Waals surface area contributed by atoms with Crippen molar-refractivity contribution in [1.29, 1.82) is 0 Å². The second kappa shape index (κ2) is 2.72. The molecule has 0 radical (unpaired) electrons. The van der Waals surface area contributed by atoms with Crippen LogP contribution in [0.3, 0.4) is 0 Å². The second-order valence-corrected chi connectivity index (χ2v) is 3.74. The van der Waals surface area contributed by atoms with Crippen molar-refractivity contribution in [2.45, 2.75) is 26.3 Å². The number of aliphatic imine (C=N–C) groups is 1. The summed E-state index contributed by atoms with van der Waals surface area (Å²) in [6, 6.07) is 0.775. The van der Waals surface area contributed by atoms with Crippen molar-refractivity contribution in [3.05, 3.63) is 0 Å². The van der Waals surface area contributed by atoms with E-state index in [0.29, 0.717) is 0 Å². The van der Waals surface area contributed by atoms with Gasteiger partial charge in [0.05, 0.1) is 6.54 Å². The Bertz CT molecular complexity index is 169. The van der Waals surface area contributed by atoms with Crippen LogP contribution in [-0.2, 0) is 4.74 Å². The number of hydrogen-bond donors (Lipinski definition) is 0. The largest absolute Gasteiger partial charge is 0.463 e. The van der Waals surface area contributed by atoms with Gasteiger partial charge in [0.2, 0.25) is 0 Å². The van der Waals surface area contributed by atoms with E-state index in [0.717, 1.165) is 19.2 Å². The zero-order valence-electron chi connectivity index (χ0n) is 7.72. The van der Waals surface area contributed by atoms with Gasteiger partial charge in [0, 0.05) is 12.6 Å². The van der Waals surface area contributed by atoms with Crippen LogP contribution in [0.4, 0.5) is 0 Å². The fraction of sp³-hybridized carbons (Fsp3) is 0.875. The maximum absolute atomic E-state index is 5.32. The van der Waals surface area contributed by atoms with Crippen molar-refractivity contribution in [3.63, 3.8) is 0 Å². The summed E-state index contributed by atoms with van der Waals surface area (Å²) in [6.45, 7) is 7.94. The fourth-order valence-corrected chi connectivity index (χ4v) is 0.814. The molecule has 0 N–H and O–H groups in total. The lowest BCUT2D eigenvalue weighted by molar-refractivity contribution is 0.206. The number of hydrogen-bond acceptors (Lipinski definition) is 3. The third-order valence-corrected chi connectivity index (χ3v) is 1.86. The van der Waals surface area contributed by atoms with Gasteiger partial charge in [0.15, 0.2) is 0 Å². The van der Waals surface area contributed by atoms with E-state index in [-0.39, 0.29) is 5.54 Å². The zero-order chi connectivity index (χ0) is 8.48. The Kier molecular flexibility index (Phi) is 2.07. The Morgan fingerprint density at radius 3 is 2.45 bits per heavy atom. The minimum Gasteiger partial charge on any atom is -0.463 e. The standard InChI is InChI=1S/C8H16N2O/c1-8(2,3)10(4)7-9-5-6-11-7/h5-6H2,1-4H3. The van der Waals surface area contributed by atoms with Gasteiger partial charge in [-0.15, -0.1) is 0 Å². The summed E-state index contributed by atoms with van der Waals surface area (Å²) >= 11 is 0. The molecule has 0 atom stereocenters. The van der Waals surface area contributed by atoms with E-state index in [9.17, 15) is 0 Å². The third-order valence-electron chi connectivity index (χ3n) is 1.86. The second-order valence-electron chi connectivity index (χ2n) is 3.74. The van der Waals surface area contributed by atoms with Gasteiger partial charge < -0.3 is 9.64 Å². The maximum atomic E-state index is 5.32. The predicted molar refractivity (Wildman–Crippen MR) is 45.8 cm³/mol. The molecule has 1 heterocycles. The topological polar surface area (TPSA) is 24.8 Å². The molecule has 0 fully saturated rings. The Balaban J connectivity index is 2.60. The molecule has 0 aromatic rings. The van der Waals surface area contributed by atoms with Crippen LogP contribution in [0.25, 0.3) is 0 Å². The summed E-state index contributed by atoms with van der Waals surface area (Å²) < 4.78 is 5.32. The quantitative estimate of drug-likeness (QED) is 0.524. The van der Waals surface area contributed by atoms with Gasteiger partial charge >= 0.3 is 0 Å². The summed E-state index contributed by atoms with van der Waals surface area (Å²) in [5.74, 6) is 0. The van der Waals surface area contributed by atoms with E-state index in [2.05, 4.69) is 30.7 Å². The molecule has 0 aromatic carbocycles. The molecule has 0 aliphatic carbocycles. The molecule has 0 amide bonds. The molecular weight excluding hydrogens is 140 g/mol.